The van der Waals surface area contributed by atoms with Crippen molar-refractivity contribution in [2.45, 2.75) is 13.3 Å². The molecule has 0 bridgehead atoms. The fourth-order valence-electron chi connectivity index (χ4n) is 1.33. The zero-order valence-electron chi connectivity index (χ0n) is 10.0. The molecule has 6 nitrogen and oxygen atoms in total. The van der Waals surface area contributed by atoms with Gasteiger partial charge < -0.3 is 14.9 Å². The van der Waals surface area contributed by atoms with Gasteiger partial charge in [0.1, 0.15) is 17.1 Å². The molecule has 0 aliphatic heterocycles. The molecule has 6 heteroatoms. The van der Waals surface area contributed by atoms with Gasteiger partial charge in [-0.25, -0.2) is 9.79 Å². The summed E-state index contributed by atoms with van der Waals surface area (Å²) < 4.78 is 5.06. The molecule has 0 aliphatic rings. The van der Waals surface area contributed by atoms with Crippen LogP contribution in [0.3, 0.4) is 0 Å². The highest BCUT2D eigenvalue weighted by Gasteiger charge is 2.15. The summed E-state index contributed by atoms with van der Waals surface area (Å²) in [5, 5.41) is 17.5. The summed E-state index contributed by atoms with van der Waals surface area (Å²) in [6.45, 7) is 1.85. The number of benzene rings is 1. The van der Waals surface area contributed by atoms with Crippen molar-refractivity contribution < 1.29 is 24.5 Å². The lowest BCUT2D eigenvalue weighted by Gasteiger charge is -2.06. The first kappa shape index (κ1) is 13.7. The molecule has 96 valence electrons. The molecule has 0 fully saturated rings. The number of carboxylic acids is 2. The highest BCUT2D eigenvalue weighted by atomic mass is 16.5. The zero-order valence-corrected chi connectivity index (χ0v) is 10.0. The average Bonchev–Trinajstić information content (AvgIpc) is 2.29. The molecule has 1 rings (SSSR count). The minimum absolute atomic E-state index is 0.293. The van der Waals surface area contributed by atoms with Gasteiger partial charge in [0.05, 0.1) is 13.5 Å². The molecule has 0 spiro atoms. The fourth-order valence-corrected chi connectivity index (χ4v) is 1.33. The lowest BCUT2D eigenvalue weighted by atomic mass is 10.2. The van der Waals surface area contributed by atoms with Crippen LogP contribution in [0, 0.1) is 6.92 Å². The van der Waals surface area contributed by atoms with Gasteiger partial charge in [-0.3, -0.25) is 4.79 Å². The number of aliphatic carboxylic acids is 2. The van der Waals surface area contributed by atoms with E-state index in [-0.39, 0.29) is 0 Å². The average molecular weight is 251 g/mol. The van der Waals surface area contributed by atoms with Gasteiger partial charge in [-0.2, -0.15) is 0 Å². The van der Waals surface area contributed by atoms with Gasteiger partial charge in [0.25, 0.3) is 0 Å². The van der Waals surface area contributed by atoms with Gasteiger partial charge in [0, 0.05) is 0 Å². The molecule has 0 heterocycles. The number of aliphatic imine (C=N–C) groups is 1. The summed E-state index contributed by atoms with van der Waals surface area (Å²) in [6.07, 6.45) is -0.646. The first-order valence-electron chi connectivity index (χ1n) is 5.11. The lowest BCUT2D eigenvalue weighted by molar-refractivity contribution is -0.137. The second kappa shape index (κ2) is 5.81. The van der Waals surface area contributed by atoms with Crippen molar-refractivity contribution in [1.29, 1.82) is 0 Å². The van der Waals surface area contributed by atoms with Crippen LogP contribution < -0.4 is 4.74 Å². The number of carbonyl (C=O) groups is 2. The normalized spacial score (nSPS) is 11.1. The first-order chi connectivity index (χ1) is 8.43. The SMILES string of the molecule is COc1cc(C)ccc1N=C(CC(=O)O)C(=O)O. The van der Waals surface area contributed by atoms with E-state index in [1.54, 1.807) is 18.2 Å². The molecular weight excluding hydrogens is 238 g/mol. The van der Waals surface area contributed by atoms with Crippen LogP contribution in [0.4, 0.5) is 5.69 Å². The van der Waals surface area contributed by atoms with Gasteiger partial charge in [-0.05, 0) is 24.6 Å². The molecule has 0 amide bonds. The van der Waals surface area contributed by atoms with Crippen LogP contribution in [-0.4, -0.2) is 35.0 Å². The smallest absolute Gasteiger partial charge is 0.350 e. The molecule has 0 saturated carbocycles. The van der Waals surface area contributed by atoms with Crippen molar-refractivity contribution in [2.75, 3.05) is 7.11 Å². The predicted octanol–water partition coefficient (Wildman–Crippen LogP) is 1.64. The number of nitrogens with zero attached hydrogens (tertiary/aromatic N) is 1. The number of hydrogen-bond acceptors (Lipinski definition) is 4. The van der Waals surface area contributed by atoms with Gasteiger partial charge in [0.15, 0.2) is 0 Å². The van der Waals surface area contributed by atoms with E-state index in [1.807, 2.05) is 6.92 Å². The number of ether oxygens (including phenoxy) is 1. The molecular formula is C12H13NO5. The summed E-state index contributed by atoms with van der Waals surface area (Å²) in [5.74, 6) is -2.21. The van der Waals surface area contributed by atoms with Crippen LogP contribution in [0.25, 0.3) is 0 Å². The molecule has 1 aromatic carbocycles. The summed E-state index contributed by atoms with van der Waals surface area (Å²) >= 11 is 0. The van der Waals surface area contributed by atoms with Crippen molar-refractivity contribution in [3.05, 3.63) is 23.8 Å². The maximum Gasteiger partial charge on any atom is 0.350 e. The highest BCUT2D eigenvalue weighted by Crippen LogP contribution is 2.28. The summed E-state index contributed by atoms with van der Waals surface area (Å²) in [4.78, 5) is 25.2. The number of aryl methyl sites for hydroxylation is 1. The Hall–Kier alpha value is -2.37. The van der Waals surface area contributed by atoms with Crippen LogP contribution >= 0.6 is 0 Å². The Morgan fingerprint density at radius 3 is 2.50 bits per heavy atom. The van der Waals surface area contributed by atoms with Crippen molar-refractivity contribution in [3.63, 3.8) is 0 Å². The van der Waals surface area contributed by atoms with Gasteiger partial charge in [-0.1, -0.05) is 6.07 Å². The number of methoxy groups -OCH3 is 1. The molecule has 0 aliphatic carbocycles. The number of rotatable bonds is 5. The Balaban J connectivity index is 3.19. The summed E-state index contributed by atoms with van der Waals surface area (Å²) in [5.41, 5.74) is 0.785. The van der Waals surface area contributed by atoms with E-state index in [1.165, 1.54) is 7.11 Å². The van der Waals surface area contributed by atoms with E-state index in [0.717, 1.165) is 5.56 Å². The quantitative estimate of drug-likeness (QED) is 0.775. The van der Waals surface area contributed by atoms with Crippen molar-refractivity contribution in [1.82, 2.24) is 0 Å². The molecule has 1 aromatic rings. The van der Waals surface area contributed by atoms with E-state index in [2.05, 4.69) is 4.99 Å². The minimum atomic E-state index is -1.36. The third-order valence-corrected chi connectivity index (χ3v) is 2.16. The van der Waals surface area contributed by atoms with Gasteiger partial charge in [0.2, 0.25) is 0 Å². The topological polar surface area (TPSA) is 96.2 Å². The van der Waals surface area contributed by atoms with Crippen LogP contribution in [0.1, 0.15) is 12.0 Å². The van der Waals surface area contributed by atoms with Crippen LogP contribution in [-0.2, 0) is 9.59 Å². The predicted molar refractivity (Wildman–Crippen MR) is 64.7 cm³/mol. The third-order valence-electron chi connectivity index (χ3n) is 2.16. The van der Waals surface area contributed by atoms with Crippen molar-refractivity contribution >= 4 is 23.3 Å². The Bertz CT molecular complexity index is 507. The monoisotopic (exact) mass is 251 g/mol. The second-order valence-electron chi connectivity index (χ2n) is 3.61. The molecule has 18 heavy (non-hydrogen) atoms. The van der Waals surface area contributed by atoms with Gasteiger partial charge in [-0.15, -0.1) is 0 Å². The number of carboxylic acid groups (broad SMARTS) is 2. The minimum Gasteiger partial charge on any atom is -0.494 e. The van der Waals surface area contributed by atoms with Gasteiger partial charge >= 0.3 is 11.9 Å². The fraction of sp³-hybridized carbons (Fsp3) is 0.250. The Labute approximate surface area is 104 Å². The van der Waals surface area contributed by atoms with E-state index in [4.69, 9.17) is 14.9 Å². The van der Waals surface area contributed by atoms with Crippen molar-refractivity contribution in [3.8, 4) is 5.75 Å². The largest absolute Gasteiger partial charge is 0.494 e. The van der Waals surface area contributed by atoms with Crippen molar-refractivity contribution in [2.24, 2.45) is 4.99 Å². The second-order valence-corrected chi connectivity index (χ2v) is 3.61. The number of hydrogen-bond donors (Lipinski definition) is 2. The Morgan fingerprint density at radius 2 is 2.00 bits per heavy atom. The maximum absolute atomic E-state index is 10.9. The molecule has 2 N–H and O–H groups in total. The maximum atomic E-state index is 10.9. The molecule has 0 atom stereocenters. The first-order valence-corrected chi connectivity index (χ1v) is 5.11. The Morgan fingerprint density at radius 1 is 1.33 bits per heavy atom. The van der Waals surface area contributed by atoms with E-state index in [9.17, 15) is 9.59 Å². The summed E-state index contributed by atoms with van der Waals surface area (Å²) in [7, 11) is 1.44. The van der Waals surface area contributed by atoms with E-state index < -0.39 is 24.1 Å². The molecule has 0 aromatic heterocycles. The lowest BCUT2D eigenvalue weighted by Crippen LogP contribution is -2.17. The third kappa shape index (κ3) is 3.58. The van der Waals surface area contributed by atoms with Crippen LogP contribution in [0.15, 0.2) is 23.2 Å². The zero-order chi connectivity index (χ0) is 13.7. The Kier molecular flexibility index (Phi) is 4.42. The summed E-state index contributed by atoms with van der Waals surface area (Å²) in [6, 6.07) is 5.01. The standard InChI is InChI=1S/C12H13NO5/c1-7-3-4-8(10(5-7)18-2)13-9(12(16)17)6-11(14)15/h3-5H,6H2,1-2H3,(H,14,15)(H,16,17). The molecule has 0 unspecified atom stereocenters. The molecule has 0 radical (unpaired) electrons. The van der Waals surface area contributed by atoms with Crippen LogP contribution in [0.5, 0.6) is 5.75 Å². The van der Waals surface area contributed by atoms with E-state index >= 15 is 0 Å². The van der Waals surface area contributed by atoms with E-state index in [0.29, 0.717) is 11.4 Å². The molecule has 0 saturated heterocycles. The van der Waals surface area contributed by atoms with Crippen LogP contribution in [0.2, 0.25) is 0 Å². The highest BCUT2D eigenvalue weighted by molar-refractivity contribution is 6.39.